The van der Waals surface area contributed by atoms with Gasteiger partial charge in [-0.3, -0.25) is 0 Å². The van der Waals surface area contributed by atoms with Gasteiger partial charge in [-0.1, -0.05) is 35.4 Å². The smallest absolute Gasteiger partial charge is 0.418 e. The first kappa shape index (κ1) is 10.6. The molecule has 11 heavy (non-hydrogen) atoms. The Labute approximate surface area is 80.0 Å². The topological polar surface area (TPSA) is 38.3 Å². The minimum atomic E-state index is -0.468. The van der Waals surface area contributed by atoms with E-state index in [1.165, 1.54) is 0 Å². The van der Waals surface area contributed by atoms with Crippen molar-refractivity contribution >= 4 is 28.7 Å². The highest BCUT2D eigenvalue weighted by Crippen LogP contribution is 1.80. The van der Waals surface area contributed by atoms with Crippen LogP contribution in [0, 0.1) is 12.0 Å². The number of hydrogen-bond acceptors (Lipinski definition) is 2. The molecule has 0 saturated heterocycles. The van der Waals surface area contributed by atoms with Crippen molar-refractivity contribution in [1.82, 2.24) is 5.32 Å². The molecule has 0 radical (unpaired) electrons. The van der Waals surface area contributed by atoms with Crippen LogP contribution in [0.4, 0.5) is 4.79 Å². The van der Waals surface area contributed by atoms with Crippen molar-refractivity contribution in [3.8, 4) is 12.0 Å². The number of alkyl halides is 1. The third-order valence-corrected chi connectivity index (χ3v) is 1.14. The van der Waals surface area contributed by atoms with Crippen LogP contribution in [-0.4, -0.2) is 17.1 Å². The summed E-state index contributed by atoms with van der Waals surface area (Å²) < 4.78 is 5.38. The molecular weight excluding hydrogens is 257 g/mol. The van der Waals surface area contributed by atoms with Gasteiger partial charge in [0.05, 0.1) is 11.0 Å². The zero-order valence-corrected chi connectivity index (χ0v) is 8.47. The molecule has 0 heterocycles. The van der Waals surface area contributed by atoms with Gasteiger partial charge in [0, 0.05) is 6.04 Å². The standard InChI is InChI=1S/C7H10INO2/c1-2-6-11-7(10)9-5-3-4-8/h2,4,6H2,1H3,(H,9,10). The minimum Gasteiger partial charge on any atom is -0.449 e. The van der Waals surface area contributed by atoms with Crippen LogP contribution in [-0.2, 0) is 4.74 Å². The summed E-state index contributed by atoms with van der Waals surface area (Å²) in [5, 5.41) is 2.29. The van der Waals surface area contributed by atoms with Crippen LogP contribution in [0.1, 0.15) is 13.3 Å². The van der Waals surface area contributed by atoms with E-state index in [0.29, 0.717) is 11.0 Å². The van der Waals surface area contributed by atoms with E-state index in [-0.39, 0.29) is 0 Å². The van der Waals surface area contributed by atoms with Crippen LogP contribution in [0.2, 0.25) is 0 Å². The molecule has 0 aliphatic rings. The zero-order valence-electron chi connectivity index (χ0n) is 6.32. The second kappa shape index (κ2) is 7.66. The Morgan fingerprint density at radius 1 is 1.73 bits per heavy atom. The molecule has 0 rings (SSSR count). The molecule has 0 spiro atoms. The number of nitrogens with one attached hydrogen (secondary N) is 1. The highest BCUT2D eigenvalue weighted by Gasteiger charge is 1.94. The maximum atomic E-state index is 10.6. The first-order valence-corrected chi connectivity index (χ1v) is 4.80. The molecule has 0 aromatic carbocycles. The van der Waals surface area contributed by atoms with Crippen molar-refractivity contribution in [3.05, 3.63) is 0 Å². The number of amides is 1. The van der Waals surface area contributed by atoms with Gasteiger partial charge in [-0.2, -0.15) is 0 Å². The summed E-state index contributed by atoms with van der Waals surface area (Å²) >= 11 is 2.10. The molecule has 0 bridgehead atoms. The highest BCUT2D eigenvalue weighted by molar-refractivity contribution is 14.1. The summed E-state index contributed by atoms with van der Waals surface area (Å²) in [6, 6.07) is 2.46. The summed E-state index contributed by atoms with van der Waals surface area (Å²) in [5.74, 6) is 2.68. The Bertz CT molecular complexity index is 171. The van der Waals surface area contributed by atoms with Crippen LogP contribution < -0.4 is 5.32 Å². The average molecular weight is 267 g/mol. The number of alkyl carbamates (subject to hydrolysis) is 1. The number of hydrogen-bond donors (Lipinski definition) is 1. The first-order valence-electron chi connectivity index (χ1n) is 3.27. The molecular formula is C7H10INO2. The van der Waals surface area contributed by atoms with Crippen LogP contribution in [0.3, 0.4) is 0 Å². The van der Waals surface area contributed by atoms with E-state index >= 15 is 0 Å². The maximum absolute atomic E-state index is 10.6. The molecule has 3 nitrogen and oxygen atoms in total. The summed E-state index contributed by atoms with van der Waals surface area (Å²) in [4.78, 5) is 10.6. The van der Waals surface area contributed by atoms with E-state index in [9.17, 15) is 4.79 Å². The van der Waals surface area contributed by atoms with Gasteiger partial charge in [0.15, 0.2) is 0 Å². The lowest BCUT2D eigenvalue weighted by molar-refractivity contribution is 0.151. The fourth-order valence-electron chi connectivity index (χ4n) is 0.359. The van der Waals surface area contributed by atoms with Crippen LogP contribution in [0.15, 0.2) is 0 Å². The van der Waals surface area contributed by atoms with Gasteiger partial charge in [-0.15, -0.1) is 0 Å². The second-order valence-electron chi connectivity index (χ2n) is 1.70. The number of carbonyl (C=O) groups is 1. The minimum absolute atomic E-state index is 0.442. The fraction of sp³-hybridized carbons (Fsp3) is 0.571. The average Bonchev–Trinajstić information content (AvgIpc) is 2.01. The van der Waals surface area contributed by atoms with E-state index in [4.69, 9.17) is 0 Å². The molecule has 0 fully saturated rings. The largest absolute Gasteiger partial charge is 0.449 e. The van der Waals surface area contributed by atoms with E-state index in [1.807, 2.05) is 6.92 Å². The number of ether oxygens (including phenoxy) is 1. The van der Waals surface area contributed by atoms with Crippen LogP contribution in [0.5, 0.6) is 0 Å². The van der Waals surface area contributed by atoms with Crippen molar-refractivity contribution in [1.29, 1.82) is 0 Å². The molecule has 0 atom stereocenters. The molecule has 0 aliphatic heterocycles. The first-order chi connectivity index (χ1) is 5.31. The molecule has 0 aromatic rings. The summed E-state index contributed by atoms with van der Waals surface area (Å²) in [5.41, 5.74) is 0. The molecule has 0 aliphatic carbocycles. The van der Waals surface area contributed by atoms with Gasteiger partial charge in [0.2, 0.25) is 0 Å². The molecule has 1 amide bonds. The van der Waals surface area contributed by atoms with Gasteiger partial charge >= 0.3 is 6.09 Å². The molecule has 1 N–H and O–H groups in total. The van der Waals surface area contributed by atoms with Crippen LogP contribution >= 0.6 is 22.6 Å². The van der Waals surface area contributed by atoms with Gasteiger partial charge < -0.3 is 4.74 Å². The summed E-state index contributed by atoms with van der Waals surface area (Å²) in [6.07, 6.45) is 0.358. The van der Waals surface area contributed by atoms with Crippen molar-refractivity contribution < 1.29 is 9.53 Å². The molecule has 0 saturated carbocycles. The highest BCUT2D eigenvalue weighted by atomic mass is 127. The zero-order chi connectivity index (χ0) is 8.53. The van der Waals surface area contributed by atoms with Crippen molar-refractivity contribution in [2.24, 2.45) is 0 Å². The SMILES string of the molecule is CCCOC(=O)NC#CCI. The molecule has 0 aromatic heterocycles. The lowest BCUT2D eigenvalue weighted by atomic mass is 10.5. The molecule has 4 heteroatoms. The van der Waals surface area contributed by atoms with Gasteiger partial charge in [-0.25, -0.2) is 10.1 Å². The van der Waals surface area contributed by atoms with Gasteiger partial charge in [0.1, 0.15) is 0 Å². The van der Waals surface area contributed by atoms with Gasteiger partial charge in [0.25, 0.3) is 0 Å². The molecule has 0 unspecified atom stereocenters. The quantitative estimate of drug-likeness (QED) is 0.356. The van der Waals surface area contributed by atoms with Gasteiger partial charge in [-0.05, 0) is 6.42 Å². The Morgan fingerprint density at radius 3 is 3.00 bits per heavy atom. The predicted octanol–water partition coefficient (Wildman–Crippen LogP) is 1.52. The maximum Gasteiger partial charge on any atom is 0.418 e. The Morgan fingerprint density at radius 2 is 2.45 bits per heavy atom. The fourth-order valence-corrected chi connectivity index (χ4v) is 0.550. The third-order valence-electron chi connectivity index (χ3n) is 0.757. The van der Waals surface area contributed by atoms with Crippen molar-refractivity contribution in [2.75, 3.05) is 11.0 Å². The number of rotatable bonds is 2. The normalized spacial score (nSPS) is 7.82. The van der Waals surface area contributed by atoms with E-state index in [0.717, 1.165) is 6.42 Å². The number of carbonyl (C=O) groups excluding carboxylic acids is 1. The Kier molecular flexibility index (Phi) is 7.36. The predicted molar refractivity (Wildman–Crippen MR) is 51.4 cm³/mol. The Balaban J connectivity index is 3.37. The third kappa shape index (κ3) is 7.46. The van der Waals surface area contributed by atoms with E-state index in [2.05, 4.69) is 44.6 Å². The Hall–Kier alpha value is -0.440. The lowest BCUT2D eigenvalue weighted by Gasteiger charge is -1.98. The second-order valence-corrected chi connectivity index (χ2v) is 2.46. The van der Waals surface area contributed by atoms with E-state index in [1.54, 1.807) is 0 Å². The lowest BCUT2D eigenvalue weighted by Crippen LogP contribution is -2.19. The van der Waals surface area contributed by atoms with Crippen molar-refractivity contribution in [2.45, 2.75) is 13.3 Å². The number of halogens is 1. The molecule has 62 valence electrons. The van der Waals surface area contributed by atoms with Crippen molar-refractivity contribution in [3.63, 3.8) is 0 Å². The summed E-state index contributed by atoms with van der Waals surface area (Å²) in [7, 11) is 0. The van der Waals surface area contributed by atoms with E-state index < -0.39 is 6.09 Å². The summed E-state index contributed by atoms with van der Waals surface area (Å²) in [6.45, 7) is 2.38. The van der Waals surface area contributed by atoms with Crippen LogP contribution in [0.25, 0.3) is 0 Å². The monoisotopic (exact) mass is 267 g/mol.